The second-order valence-corrected chi connectivity index (χ2v) is 7.22. The third kappa shape index (κ3) is 4.69. The van der Waals surface area contributed by atoms with Crippen molar-refractivity contribution >= 4 is 11.6 Å². The van der Waals surface area contributed by atoms with E-state index >= 15 is 0 Å². The Balaban J connectivity index is 1.74. The molecule has 5 heteroatoms. The minimum Gasteiger partial charge on any atom is -0.507 e. The molecule has 0 saturated carbocycles. The molecule has 0 aliphatic heterocycles. The number of nitrogen functional groups attached to an aromatic ring is 1. The number of hydrogen-bond acceptors (Lipinski definition) is 4. The lowest BCUT2D eigenvalue weighted by Crippen LogP contribution is -2.10. The molecule has 3 aromatic rings. The van der Waals surface area contributed by atoms with Crippen LogP contribution in [0, 0.1) is 5.41 Å². The van der Waals surface area contributed by atoms with E-state index in [0.717, 1.165) is 23.1 Å². The molecule has 0 atom stereocenters. The largest absolute Gasteiger partial charge is 0.507 e. The van der Waals surface area contributed by atoms with E-state index in [2.05, 4.69) is 0 Å². The van der Waals surface area contributed by atoms with Gasteiger partial charge < -0.3 is 15.6 Å². The molecule has 0 amide bonds. The van der Waals surface area contributed by atoms with Crippen molar-refractivity contribution in [3.63, 3.8) is 0 Å². The number of hydrogen-bond donors (Lipinski definition) is 3. The zero-order valence-corrected chi connectivity index (χ0v) is 17.2. The number of phenolic OH excluding ortho intramolecular Hbond substituents is 1. The molecule has 154 valence electrons. The number of ether oxygens (including phenoxy) is 1. The summed E-state index contributed by atoms with van der Waals surface area (Å²) < 4.78 is 5.97. The summed E-state index contributed by atoms with van der Waals surface area (Å²) in [5.74, 6) is 0.511. The zero-order chi connectivity index (χ0) is 21.7. The lowest BCUT2D eigenvalue weighted by atomic mass is 10.0. The first-order chi connectivity index (χ1) is 14.4. The van der Waals surface area contributed by atoms with Gasteiger partial charge in [-0.15, -0.1) is 0 Å². The van der Waals surface area contributed by atoms with Crippen molar-refractivity contribution in [2.24, 2.45) is 5.73 Å². The van der Waals surface area contributed by atoms with E-state index < -0.39 is 0 Å². The number of benzene rings is 3. The molecule has 30 heavy (non-hydrogen) atoms. The molecular formula is C25H26N2O3. The predicted octanol–water partition coefficient (Wildman–Crippen LogP) is 5.08. The highest BCUT2D eigenvalue weighted by atomic mass is 16.5. The van der Waals surface area contributed by atoms with Crippen molar-refractivity contribution in [1.82, 2.24) is 0 Å². The minimum atomic E-state index is -0.164. The molecule has 0 aromatic heterocycles. The van der Waals surface area contributed by atoms with Crippen molar-refractivity contribution in [3.8, 4) is 22.6 Å². The summed E-state index contributed by atoms with van der Waals surface area (Å²) >= 11 is 0. The molecule has 5 nitrogen and oxygen atoms in total. The molecule has 3 rings (SSSR count). The van der Waals surface area contributed by atoms with Crippen LogP contribution in [0.25, 0.3) is 11.1 Å². The van der Waals surface area contributed by atoms with Crippen LogP contribution in [-0.4, -0.2) is 16.7 Å². The average Bonchev–Trinajstić information content (AvgIpc) is 2.74. The van der Waals surface area contributed by atoms with Gasteiger partial charge >= 0.3 is 0 Å². The number of nitrogens with two attached hydrogens (primary N) is 1. The molecule has 0 saturated heterocycles. The molecule has 3 aromatic carbocycles. The van der Waals surface area contributed by atoms with Gasteiger partial charge in [0.15, 0.2) is 5.78 Å². The number of aromatic hydroxyl groups is 1. The van der Waals surface area contributed by atoms with Gasteiger partial charge in [0.25, 0.3) is 0 Å². The summed E-state index contributed by atoms with van der Waals surface area (Å²) in [7, 11) is 0. The van der Waals surface area contributed by atoms with Crippen molar-refractivity contribution in [2.75, 3.05) is 0 Å². The molecule has 0 bridgehead atoms. The summed E-state index contributed by atoms with van der Waals surface area (Å²) in [5.41, 5.74) is 10.3. The Morgan fingerprint density at radius 1 is 1.00 bits per heavy atom. The van der Waals surface area contributed by atoms with Crippen molar-refractivity contribution in [2.45, 2.75) is 33.3 Å². The SMILES string of the molecule is CCCc1c(OCc2ccc(-c3ccc(C(=N)N)cc3)cc2)ccc(C(C)=O)c1O. The fourth-order valence-electron chi connectivity index (χ4n) is 3.33. The molecule has 0 unspecified atom stereocenters. The second kappa shape index (κ2) is 9.27. The van der Waals surface area contributed by atoms with Crippen LogP contribution >= 0.6 is 0 Å². The lowest BCUT2D eigenvalue weighted by Gasteiger charge is -2.15. The number of rotatable bonds is 8. The Bertz CT molecular complexity index is 1060. The quantitative estimate of drug-likeness (QED) is 0.278. The number of nitrogens with one attached hydrogen (secondary N) is 1. The highest BCUT2D eigenvalue weighted by molar-refractivity contribution is 5.97. The Morgan fingerprint density at radius 2 is 1.60 bits per heavy atom. The molecular weight excluding hydrogens is 376 g/mol. The van der Waals surface area contributed by atoms with E-state index in [1.807, 2.05) is 55.5 Å². The van der Waals surface area contributed by atoms with Gasteiger partial charge in [-0.25, -0.2) is 0 Å². The molecule has 0 aliphatic rings. The molecule has 4 N–H and O–H groups in total. The van der Waals surface area contributed by atoms with Crippen LogP contribution in [0.4, 0.5) is 0 Å². The fourth-order valence-corrected chi connectivity index (χ4v) is 3.33. The smallest absolute Gasteiger partial charge is 0.163 e. The fraction of sp³-hybridized carbons (Fsp3) is 0.200. The van der Waals surface area contributed by atoms with E-state index in [1.165, 1.54) is 6.92 Å². The first kappa shape index (κ1) is 21.1. The molecule has 0 heterocycles. The van der Waals surface area contributed by atoms with E-state index in [0.29, 0.717) is 35.5 Å². The van der Waals surface area contributed by atoms with Crippen LogP contribution in [0.15, 0.2) is 60.7 Å². The van der Waals surface area contributed by atoms with E-state index in [1.54, 1.807) is 12.1 Å². The summed E-state index contributed by atoms with van der Waals surface area (Å²) in [5, 5.41) is 17.9. The minimum absolute atomic E-state index is 0.0196. The van der Waals surface area contributed by atoms with E-state index in [4.69, 9.17) is 15.9 Å². The number of carbonyl (C=O) groups is 1. The van der Waals surface area contributed by atoms with Gasteiger partial charge in [-0.3, -0.25) is 10.2 Å². The van der Waals surface area contributed by atoms with Crippen molar-refractivity contribution in [1.29, 1.82) is 5.41 Å². The van der Waals surface area contributed by atoms with Crippen molar-refractivity contribution < 1.29 is 14.6 Å². The first-order valence-corrected chi connectivity index (χ1v) is 9.93. The van der Waals surface area contributed by atoms with Gasteiger partial charge in [0.1, 0.15) is 23.9 Å². The Labute approximate surface area is 176 Å². The Hall–Kier alpha value is -3.60. The highest BCUT2D eigenvalue weighted by Gasteiger charge is 2.16. The summed E-state index contributed by atoms with van der Waals surface area (Å²) in [6.07, 6.45) is 1.47. The number of carbonyl (C=O) groups excluding carboxylic acids is 1. The normalized spacial score (nSPS) is 10.6. The third-order valence-corrected chi connectivity index (χ3v) is 5.00. The summed E-state index contributed by atoms with van der Waals surface area (Å²) in [6.45, 7) is 3.82. The van der Waals surface area contributed by atoms with Gasteiger partial charge in [0, 0.05) is 11.1 Å². The second-order valence-electron chi connectivity index (χ2n) is 7.22. The summed E-state index contributed by atoms with van der Waals surface area (Å²) in [4.78, 5) is 11.7. The summed E-state index contributed by atoms with van der Waals surface area (Å²) in [6, 6.07) is 19.0. The van der Waals surface area contributed by atoms with E-state index in [-0.39, 0.29) is 17.4 Å². The molecule has 0 fully saturated rings. The topological polar surface area (TPSA) is 96.4 Å². The molecule has 0 radical (unpaired) electrons. The maximum absolute atomic E-state index is 11.7. The number of Topliss-reactive ketones (excluding diaryl/α,β-unsaturated/α-hetero) is 1. The van der Waals surface area contributed by atoms with Crippen LogP contribution in [0.2, 0.25) is 0 Å². The van der Waals surface area contributed by atoms with Gasteiger partial charge in [-0.1, -0.05) is 61.9 Å². The predicted molar refractivity (Wildman–Crippen MR) is 119 cm³/mol. The van der Waals surface area contributed by atoms with Gasteiger partial charge in [0.2, 0.25) is 0 Å². The zero-order valence-electron chi connectivity index (χ0n) is 17.2. The van der Waals surface area contributed by atoms with Gasteiger partial charge in [-0.05, 0) is 42.2 Å². The lowest BCUT2D eigenvalue weighted by molar-refractivity contribution is 0.101. The number of ketones is 1. The standard InChI is InChI=1S/C25H26N2O3/c1-3-4-22-23(14-13-21(16(2)28)24(22)29)30-15-17-5-7-18(8-6-17)19-9-11-20(12-10-19)25(26)27/h5-14,29H,3-4,15H2,1-2H3,(H3,26,27). The van der Waals surface area contributed by atoms with Gasteiger partial charge in [0.05, 0.1) is 5.56 Å². The Morgan fingerprint density at radius 3 is 2.13 bits per heavy atom. The van der Waals surface area contributed by atoms with Gasteiger partial charge in [-0.2, -0.15) is 0 Å². The van der Waals surface area contributed by atoms with E-state index in [9.17, 15) is 9.90 Å². The van der Waals surface area contributed by atoms with Crippen LogP contribution in [0.1, 0.15) is 47.3 Å². The number of amidine groups is 1. The maximum Gasteiger partial charge on any atom is 0.163 e. The van der Waals surface area contributed by atoms with Crippen molar-refractivity contribution in [3.05, 3.63) is 82.9 Å². The molecule has 0 aliphatic carbocycles. The average molecular weight is 402 g/mol. The highest BCUT2D eigenvalue weighted by Crippen LogP contribution is 2.33. The monoisotopic (exact) mass is 402 g/mol. The number of phenols is 1. The van der Waals surface area contributed by atoms with Crippen LogP contribution in [0.5, 0.6) is 11.5 Å². The Kier molecular flexibility index (Phi) is 6.52. The van der Waals surface area contributed by atoms with Crippen LogP contribution < -0.4 is 10.5 Å². The van der Waals surface area contributed by atoms with Crippen LogP contribution in [0.3, 0.4) is 0 Å². The maximum atomic E-state index is 11.7. The molecule has 0 spiro atoms. The first-order valence-electron chi connectivity index (χ1n) is 9.93. The van der Waals surface area contributed by atoms with Crippen LogP contribution in [-0.2, 0) is 13.0 Å². The third-order valence-electron chi connectivity index (χ3n) is 5.00.